The molecule has 0 spiro atoms. The van der Waals surface area contributed by atoms with Gasteiger partial charge in [-0.3, -0.25) is 0 Å². The number of aromatic nitrogens is 3. The Labute approximate surface area is 129 Å². The monoisotopic (exact) mass is 316 g/mol. The van der Waals surface area contributed by atoms with E-state index in [1.54, 1.807) is 35.0 Å². The highest BCUT2D eigenvalue weighted by molar-refractivity contribution is 7.89. The van der Waals surface area contributed by atoms with Crippen LogP contribution in [0.3, 0.4) is 0 Å². The van der Waals surface area contributed by atoms with Gasteiger partial charge in [0.1, 0.15) is 0 Å². The second-order valence-electron chi connectivity index (χ2n) is 5.15. The van der Waals surface area contributed by atoms with Gasteiger partial charge < -0.3 is 0 Å². The Hall–Kier alpha value is -2.25. The topological polar surface area (TPSA) is 67.6 Å². The summed E-state index contributed by atoms with van der Waals surface area (Å²) in [6.07, 6.45) is 1.70. The molecule has 3 rings (SSSR count). The quantitative estimate of drug-likeness (QED) is 0.741. The van der Waals surface area contributed by atoms with Crippen molar-refractivity contribution in [1.29, 1.82) is 0 Å². The maximum Gasteiger partial charge on any atom is 0.242 e. The van der Waals surface area contributed by atoms with E-state index < -0.39 is 10.0 Å². The molecule has 0 aliphatic rings. The maximum absolute atomic E-state index is 12.1. The lowest BCUT2D eigenvalue weighted by atomic mass is 10.1. The Kier molecular flexibility index (Phi) is 3.46. The van der Waals surface area contributed by atoms with Crippen molar-refractivity contribution in [3.63, 3.8) is 0 Å². The van der Waals surface area contributed by atoms with Gasteiger partial charge in [-0.05, 0) is 31.2 Å². The van der Waals surface area contributed by atoms with Crippen molar-refractivity contribution in [2.24, 2.45) is 0 Å². The third-order valence-electron chi connectivity index (χ3n) is 3.47. The van der Waals surface area contributed by atoms with Crippen LogP contribution in [0.5, 0.6) is 0 Å². The van der Waals surface area contributed by atoms with Crippen LogP contribution in [0.2, 0.25) is 0 Å². The number of sulfonamides is 1. The third-order valence-corrected chi connectivity index (χ3v) is 5.30. The van der Waals surface area contributed by atoms with Crippen molar-refractivity contribution in [3.05, 3.63) is 48.3 Å². The van der Waals surface area contributed by atoms with E-state index in [4.69, 9.17) is 0 Å². The van der Waals surface area contributed by atoms with Gasteiger partial charge in [0.05, 0.1) is 16.3 Å². The zero-order valence-corrected chi connectivity index (χ0v) is 13.4. The highest BCUT2D eigenvalue weighted by Crippen LogP contribution is 2.25. The average molecular weight is 316 g/mol. The van der Waals surface area contributed by atoms with Gasteiger partial charge in [0.2, 0.25) is 10.0 Å². The Morgan fingerprint density at radius 1 is 1.09 bits per heavy atom. The molecule has 0 saturated heterocycles. The summed E-state index contributed by atoms with van der Waals surface area (Å²) in [5.74, 6) is 0. The first-order chi connectivity index (χ1) is 10.4. The Bertz CT molecular complexity index is 928. The lowest BCUT2D eigenvalue weighted by molar-refractivity contribution is 0.521. The molecule has 0 aliphatic carbocycles. The fourth-order valence-electron chi connectivity index (χ4n) is 2.33. The van der Waals surface area contributed by atoms with Crippen molar-refractivity contribution in [3.8, 4) is 11.3 Å². The van der Waals surface area contributed by atoms with Crippen LogP contribution in [-0.2, 0) is 10.0 Å². The molecular weight excluding hydrogens is 300 g/mol. The van der Waals surface area contributed by atoms with Gasteiger partial charge in [-0.25, -0.2) is 22.2 Å². The zero-order valence-electron chi connectivity index (χ0n) is 12.6. The van der Waals surface area contributed by atoms with Gasteiger partial charge in [0.15, 0.2) is 5.65 Å². The van der Waals surface area contributed by atoms with Crippen LogP contribution in [0.25, 0.3) is 16.9 Å². The number of fused-ring (bicyclic) bond motifs is 1. The number of imidazole rings is 1. The summed E-state index contributed by atoms with van der Waals surface area (Å²) in [6.45, 7) is 1.91. The minimum absolute atomic E-state index is 0.265. The van der Waals surface area contributed by atoms with Crippen LogP contribution in [0, 0.1) is 6.92 Å². The predicted octanol–water partition coefficient (Wildman–Crippen LogP) is 1.96. The second kappa shape index (κ2) is 5.19. The molecule has 3 aromatic rings. The van der Waals surface area contributed by atoms with Crippen LogP contribution in [0.1, 0.15) is 5.69 Å². The molecule has 0 N–H and O–H groups in total. The van der Waals surface area contributed by atoms with Crippen LogP contribution in [0.4, 0.5) is 0 Å². The molecule has 0 atom stereocenters. The highest BCUT2D eigenvalue weighted by atomic mass is 32.2. The molecule has 2 aromatic heterocycles. The summed E-state index contributed by atoms with van der Waals surface area (Å²) >= 11 is 0. The molecule has 0 fully saturated rings. The first kappa shape index (κ1) is 14.7. The van der Waals surface area contributed by atoms with E-state index in [9.17, 15) is 8.42 Å². The number of rotatable bonds is 3. The lowest BCUT2D eigenvalue weighted by Gasteiger charge is -2.11. The minimum atomic E-state index is -3.42. The van der Waals surface area contributed by atoms with E-state index in [-0.39, 0.29) is 4.90 Å². The summed E-state index contributed by atoms with van der Waals surface area (Å²) in [4.78, 5) is 4.73. The lowest BCUT2D eigenvalue weighted by Crippen LogP contribution is -2.22. The molecule has 7 heteroatoms. The van der Waals surface area contributed by atoms with Gasteiger partial charge in [-0.2, -0.15) is 5.10 Å². The maximum atomic E-state index is 12.1. The van der Waals surface area contributed by atoms with Crippen LogP contribution >= 0.6 is 0 Å². The first-order valence-corrected chi connectivity index (χ1v) is 8.18. The predicted molar refractivity (Wildman–Crippen MR) is 84.0 cm³/mol. The van der Waals surface area contributed by atoms with Crippen molar-refractivity contribution in [1.82, 2.24) is 18.9 Å². The van der Waals surface area contributed by atoms with E-state index in [1.807, 2.05) is 19.1 Å². The van der Waals surface area contributed by atoms with E-state index >= 15 is 0 Å². The van der Waals surface area contributed by atoms with Crippen molar-refractivity contribution >= 4 is 15.7 Å². The fourth-order valence-corrected chi connectivity index (χ4v) is 3.23. The largest absolute Gasteiger partial charge is 0.242 e. The molecule has 0 unspecified atom stereocenters. The van der Waals surface area contributed by atoms with Crippen LogP contribution in [-0.4, -0.2) is 41.4 Å². The van der Waals surface area contributed by atoms with Gasteiger partial charge in [-0.1, -0.05) is 12.1 Å². The summed E-state index contributed by atoms with van der Waals surface area (Å²) in [6, 6.07) is 10.5. The highest BCUT2D eigenvalue weighted by Gasteiger charge is 2.18. The van der Waals surface area contributed by atoms with E-state index in [0.29, 0.717) is 0 Å². The third kappa shape index (κ3) is 2.28. The van der Waals surface area contributed by atoms with E-state index in [1.165, 1.54) is 18.4 Å². The molecule has 22 heavy (non-hydrogen) atoms. The first-order valence-electron chi connectivity index (χ1n) is 6.74. The molecule has 0 radical (unpaired) electrons. The van der Waals surface area contributed by atoms with Gasteiger partial charge >= 0.3 is 0 Å². The Morgan fingerprint density at radius 2 is 1.77 bits per heavy atom. The average Bonchev–Trinajstić information content (AvgIpc) is 2.83. The minimum Gasteiger partial charge on any atom is -0.232 e. The fraction of sp³-hybridized carbons (Fsp3) is 0.200. The summed E-state index contributed by atoms with van der Waals surface area (Å²) in [5.41, 5.74) is 3.35. The normalized spacial score (nSPS) is 12.2. The molecule has 0 bridgehead atoms. The number of hydrogen-bond donors (Lipinski definition) is 0. The molecule has 114 valence electrons. The second-order valence-corrected chi connectivity index (χ2v) is 7.30. The Balaban J connectivity index is 2.12. The van der Waals surface area contributed by atoms with Crippen LogP contribution in [0.15, 0.2) is 47.5 Å². The Morgan fingerprint density at radius 3 is 2.41 bits per heavy atom. The smallest absolute Gasteiger partial charge is 0.232 e. The molecule has 0 saturated carbocycles. The SMILES string of the molecule is Cc1nc2cccnn2c1-c1ccc(S(=O)(=O)N(C)C)cc1. The number of benzene rings is 1. The molecule has 0 aliphatic heterocycles. The van der Waals surface area contributed by atoms with Crippen LogP contribution < -0.4 is 0 Å². The molecular formula is C15H16N4O2S. The molecule has 0 amide bonds. The van der Waals surface area contributed by atoms with Crippen molar-refractivity contribution < 1.29 is 8.42 Å². The molecule has 2 heterocycles. The van der Waals surface area contributed by atoms with Gasteiger partial charge in [0, 0.05) is 25.9 Å². The molecule has 1 aromatic carbocycles. The van der Waals surface area contributed by atoms with E-state index in [0.717, 1.165) is 22.6 Å². The standard InChI is InChI=1S/C15H16N4O2S/c1-11-15(19-14(17-11)5-4-10-16-19)12-6-8-13(9-7-12)22(20,21)18(2)3/h4-10H,1-3H3. The number of hydrogen-bond acceptors (Lipinski definition) is 4. The zero-order chi connectivity index (χ0) is 15.9. The number of aryl methyl sites for hydroxylation is 1. The number of nitrogens with zero attached hydrogens (tertiary/aromatic N) is 4. The summed E-state index contributed by atoms with van der Waals surface area (Å²) < 4.78 is 27.2. The summed E-state index contributed by atoms with van der Waals surface area (Å²) in [5, 5.41) is 4.31. The van der Waals surface area contributed by atoms with Crippen molar-refractivity contribution in [2.75, 3.05) is 14.1 Å². The summed E-state index contributed by atoms with van der Waals surface area (Å²) in [7, 11) is -0.388. The van der Waals surface area contributed by atoms with Gasteiger partial charge in [-0.15, -0.1) is 0 Å². The van der Waals surface area contributed by atoms with Gasteiger partial charge in [0.25, 0.3) is 0 Å². The molecule has 6 nitrogen and oxygen atoms in total. The van der Waals surface area contributed by atoms with E-state index in [2.05, 4.69) is 10.1 Å². The van der Waals surface area contributed by atoms with Crippen molar-refractivity contribution in [2.45, 2.75) is 11.8 Å².